The van der Waals surface area contributed by atoms with Crippen LogP contribution < -0.4 is 0 Å². The molecule has 1 aromatic rings. The predicted octanol–water partition coefficient (Wildman–Crippen LogP) is 2.63. The fraction of sp³-hybridized carbons (Fsp3) is 0.636. The summed E-state index contributed by atoms with van der Waals surface area (Å²) in [6, 6.07) is 1.97. The zero-order valence-corrected chi connectivity index (χ0v) is 8.09. The molecule has 72 valence electrons. The van der Waals surface area contributed by atoms with Gasteiger partial charge in [-0.15, -0.1) is 0 Å². The maximum absolute atomic E-state index is 10.1. The van der Waals surface area contributed by atoms with Gasteiger partial charge in [0.05, 0.1) is 6.10 Å². The van der Waals surface area contributed by atoms with Gasteiger partial charge in [-0.3, -0.25) is 0 Å². The minimum absolute atomic E-state index is 0.113. The van der Waals surface area contributed by atoms with Gasteiger partial charge in [-0.1, -0.05) is 19.8 Å². The van der Waals surface area contributed by atoms with Crippen LogP contribution in [0.5, 0.6) is 0 Å². The predicted molar refractivity (Wildman–Crippen MR) is 52.3 cm³/mol. The third kappa shape index (κ3) is 1.51. The third-order valence-corrected chi connectivity index (χ3v) is 3.34. The van der Waals surface area contributed by atoms with Gasteiger partial charge in [0.2, 0.25) is 0 Å². The van der Waals surface area contributed by atoms with Crippen molar-refractivity contribution in [1.82, 2.24) is 4.98 Å². The Labute approximate surface area is 79.0 Å². The van der Waals surface area contributed by atoms with Gasteiger partial charge < -0.3 is 10.1 Å². The van der Waals surface area contributed by atoms with E-state index in [2.05, 4.69) is 11.9 Å². The number of aromatic amines is 1. The van der Waals surface area contributed by atoms with Crippen molar-refractivity contribution in [3.63, 3.8) is 0 Å². The van der Waals surface area contributed by atoms with Gasteiger partial charge in [0.1, 0.15) is 0 Å². The van der Waals surface area contributed by atoms with Gasteiger partial charge in [-0.2, -0.15) is 0 Å². The molecule has 1 heterocycles. The summed E-state index contributed by atoms with van der Waals surface area (Å²) >= 11 is 0. The van der Waals surface area contributed by atoms with E-state index in [-0.39, 0.29) is 11.5 Å². The van der Waals surface area contributed by atoms with Crippen LogP contribution in [0.3, 0.4) is 0 Å². The number of hydrogen-bond donors (Lipinski definition) is 2. The van der Waals surface area contributed by atoms with Crippen LogP contribution in [0.2, 0.25) is 0 Å². The average molecular weight is 179 g/mol. The van der Waals surface area contributed by atoms with Gasteiger partial charge in [-0.05, 0) is 29.9 Å². The maximum atomic E-state index is 10.1. The lowest BCUT2D eigenvalue weighted by atomic mass is 9.80. The number of aromatic nitrogens is 1. The molecular weight excluding hydrogens is 162 g/mol. The summed E-state index contributed by atoms with van der Waals surface area (Å²) in [5.74, 6) is 0. The Balaban J connectivity index is 2.16. The van der Waals surface area contributed by atoms with Crippen LogP contribution in [-0.4, -0.2) is 10.1 Å². The molecule has 0 amide bonds. The van der Waals surface area contributed by atoms with E-state index >= 15 is 0 Å². The molecule has 2 nitrogen and oxygen atoms in total. The minimum atomic E-state index is -0.291. The summed E-state index contributed by atoms with van der Waals surface area (Å²) in [5.41, 5.74) is 1.15. The molecule has 0 aliphatic heterocycles. The number of aliphatic hydroxyl groups is 1. The van der Waals surface area contributed by atoms with Crippen LogP contribution in [0.1, 0.15) is 44.3 Å². The van der Waals surface area contributed by atoms with E-state index in [4.69, 9.17) is 0 Å². The first-order valence-corrected chi connectivity index (χ1v) is 5.03. The number of hydrogen-bond acceptors (Lipinski definition) is 1. The molecule has 0 bridgehead atoms. The van der Waals surface area contributed by atoms with E-state index in [1.54, 1.807) is 0 Å². The van der Waals surface area contributed by atoms with E-state index in [0.717, 1.165) is 18.4 Å². The Hall–Kier alpha value is -0.760. The van der Waals surface area contributed by atoms with Crippen molar-refractivity contribution < 1.29 is 5.11 Å². The molecule has 1 aliphatic carbocycles. The Morgan fingerprint density at radius 3 is 2.69 bits per heavy atom. The average Bonchev–Trinajstić information content (AvgIpc) is 2.73. The highest BCUT2D eigenvalue weighted by molar-refractivity contribution is 5.15. The van der Waals surface area contributed by atoms with E-state index < -0.39 is 0 Å². The van der Waals surface area contributed by atoms with Crippen LogP contribution in [0.25, 0.3) is 0 Å². The van der Waals surface area contributed by atoms with Crippen LogP contribution in [0.4, 0.5) is 0 Å². The number of aliphatic hydroxyl groups excluding tert-OH is 1. The normalized spacial score (nSPS) is 23.2. The van der Waals surface area contributed by atoms with Crippen molar-refractivity contribution in [3.8, 4) is 0 Å². The molecule has 0 saturated heterocycles. The molecule has 1 saturated carbocycles. The lowest BCUT2D eigenvalue weighted by molar-refractivity contribution is 0.0409. The fourth-order valence-corrected chi connectivity index (χ4v) is 2.37. The molecular formula is C11H17NO. The van der Waals surface area contributed by atoms with Crippen molar-refractivity contribution in [1.29, 1.82) is 0 Å². The minimum Gasteiger partial charge on any atom is -0.388 e. The molecule has 2 N–H and O–H groups in total. The highest BCUT2D eigenvalue weighted by Crippen LogP contribution is 2.46. The Morgan fingerprint density at radius 2 is 2.15 bits per heavy atom. The highest BCUT2D eigenvalue weighted by atomic mass is 16.3. The van der Waals surface area contributed by atoms with Crippen LogP contribution >= 0.6 is 0 Å². The molecule has 1 aliphatic rings. The van der Waals surface area contributed by atoms with E-state index in [9.17, 15) is 5.11 Å². The fourth-order valence-electron chi connectivity index (χ4n) is 2.37. The molecule has 0 spiro atoms. The zero-order valence-electron chi connectivity index (χ0n) is 8.09. The van der Waals surface area contributed by atoms with Crippen molar-refractivity contribution in [2.45, 2.75) is 38.7 Å². The summed E-state index contributed by atoms with van der Waals surface area (Å²) in [5, 5.41) is 10.1. The summed E-state index contributed by atoms with van der Waals surface area (Å²) < 4.78 is 0. The Kier molecular flexibility index (Phi) is 2.16. The number of rotatable bonds is 2. The van der Waals surface area contributed by atoms with Crippen LogP contribution in [0, 0.1) is 5.41 Å². The summed E-state index contributed by atoms with van der Waals surface area (Å²) in [6.45, 7) is 2.19. The lowest BCUT2D eigenvalue weighted by Gasteiger charge is -2.29. The Bertz CT molecular complexity index is 260. The van der Waals surface area contributed by atoms with E-state index in [1.165, 1.54) is 12.8 Å². The van der Waals surface area contributed by atoms with Gasteiger partial charge in [0.25, 0.3) is 0 Å². The first-order valence-electron chi connectivity index (χ1n) is 5.03. The lowest BCUT2D eigenvalue weighted by Crippen LogP contribution is -2.21. The van der Waals surface area contributed by atoms with Gasteiger partial charge in [-0.25, -0.2) is 0 Å². The second kappa shape index (κ2) is 3.18. The van der Waals surface area contributed by atoms with E-state index in [1.807, 2.05) is 18.5 Å². The van der Waals surface area contributed by atoms with Crippen molar-refractivity contribution >= 4 is 0 Å². The largest absolute Gasteiger partial charge is 0.388 e. The van der Waals surface area contributed by atoms with Gasteiger partial charge in [0.15, 0.2) is 0 Å². The van der Waals surface area contributed by atoms with Crippen LogP contribution in [0.15, 0.2) is 18.5 Å². The topological polar surface area (TPSA) is 36.0 Å². The van der Waals surface area contributed by atoms with Crippen LogP contribution in [-0.2, 0) is 0 Å². The van der Waals surface area contributed by atoms with Gasteiger partial charge >= 0.3 is 0 Å². The van der Waals surface area contributed by atoms with E-state index in [0.29, 0.717) is 0 Å². The first kappa shape index (κ1) is 8.82. The number of H-pyrrole nitrogens is 1. The SMILES string of the molecule is CC1(C(O)c2cc[nH]c2)CCCC1. The van der Waals surface area contributed by atoms with Gasteiger partial charge in [0, 0.05) is 12.4 Å². The molecule has 2 rings (SSSR count). The summed E-state index contributed by atoms with van der Waals surface area (Å²) in [6.07, 6.45) is 8.31. The van der Waals surface area contributed by atoms with Crippen molar-refractivity contribution in [2.24, 2.45) is 5.41 Å². The molecule has 0 aromatic carbocycles. The quantitative estimate of drug-likeness (QED) is 0.719. The highest BCUT2D eigenvalue weighted by Gasteiger charge is 2.36. The second-order valence-electron chi connectivity index (χ2n) is 4.41. The zero-order chi connectivity index (χ0) is 9.31. The van der Waals surface area contributed by atoms with Crippen molar-refractivity contribution in [2.75, 3.05) is 0 Å². The molecule has 1 fully saturated rings. The molecule has 1 aromatic heterocycles. The molecule has 0 radical (unpaired) electrons. The molecule has 1 unspecified atom stereocenters. The third-order valence-electron chi connectivity index (χ3n) is 3.34. The molecule has 2 heteroatoms. The smallest absolute Gasteiger partial charge is 0.0858 e. The van der Waals surface area contributed by atoms with Crippen molar-refractivity contribution in [3.05, 3.63) is 24.0 Å². The molecule has 13 heavy (non-hydrogen) atoms. The Morgan fingerprint density at radius 1 is 1.46 bits per heavy atom. The monoisotopic (exact) mass is 179 g/mol. The second-order valence-corrected chi connectivity index (χ2v) is 4.41. The summed E-state index contributed by atoms with van der Waals surface area (Å²) in [4.78, 5) is 2.99. The molecule has 1 atom stereocenters. The number of nitrogens with one attached hydrogen (secondary N) is 1. The first-order chi connectivity index (χ1) is 6.22. The standard InChI is InChI=1S/C11H17NO/c1-11(5-2-3-6-11)10(13)9-4-7-12-8-9/h4,7-8,10,12-13H,2-3,5-6H2,1H3. The maximum Gasteiger partial charge on any atom is 0.0858 e. The summed E-state index contributed by atoms with van der Waals surface area (Å²) in [7, 11) is 0.